The summed E-state index contributed by atoms with van der Waals surface area (Å²) >= 11 is 0. The van der Waals surface area contributed by atoms with Gasteiger partial charge in [-0.05, 0) is 12.0 Å². The van der Waals surface area contributed by atoms with E-state index in [1.165, 1.54) is 0 Å². The molecule has 2 amide bonds. The Morgan fingerprint density at radius 1 is 1.45 bits per heavy atom. The molecule has 0 aliphatic carbocycles. The van der Waals surface area contributed by atoms with Gasteiger partial charge in [-0.25, -0.2) is 5.01 Å². The minimum atomic E-state index is -0.155. The van der Waals surface area contributed by atoms with Crippen LogP contribution in [0.3, 0.4) is 0 Å². The molecule has 0 bridgehead atoms. The maximum atomic E-state index is 11.3. The van der Waals surface area contributed by atoms with Gasteiger partial charge in [0.2, 0.25) is 12.3 Å². The molecule has 6 nitrogen and oxygen atoms in total. The molecule has 1 heterocycles. The van der Waals surface area contributed by atoms with Crippen molar-refractivity contribution in [1.29, 1.82) is 0 Å². The second kappa shape index (κ2) is 7.02. The van der Waals surface area contributed by atoms with Crippen LogP contribution in [0.5, 0.6) is 0 Å². The molecule has 1 atom stereocenters. The molecule has 1 aliphatic heterocycles. The first-order valence-electron chi connectivity index (χ1n) is 6.73. The van der Waals surface area contributed by atoms with Crippen LogP contribution in [0.4, 0.5) is 0 Å². The molecule has 6 heteroatoms. The van der Waals surface area contributed by atoms with Gasteiger partial charge in [-0.15, -0.1) is 0 Å². The van der Waals surface area contributed by atoms with Crippen molar-refractivity contribution in [3.8, 4) is 0 Å². The predicted molar refractivity (Wildman–Crippen MR) is 75.2 cm³/mol. The van der Waals surface area contributed by atoms with E-state index < -0.39 is 0 Å². The molecule has 0 saturated carbocycles. The van der Waals surface area contributed by atoms with Gasteiger partial charge in [0.25, 0.3) is 0 Å². The fraction of sp³-hybridized carbons (Fsp3) is 0.429. The van der Waals surface area contributed by atoms with Crippen LogP contribution in [0, 0.1) is 0 Å². The van der Waals surface area contributed by atoms with E-state index in [0.29, 0.717) is 13.1 Å². The molecule has 0 radical (unpaired) electrons. The zero-order chi connectivity index (χ0) is 14.4. The van der Waals surface area contributed by atoms with Gasteiger partial charge >= 0.3 is 0 Å². The van der Waals surface area contributed by atoms with Gasteiger partial charge in [-0.1, -0.05) is 30.3 Å². The summed E-state index contributed by atoms with van der Waals surface area (Å²) in [4.78, 5) is 22.5. The predicted octanol–water partition coefficient (Wildman–Crippen LogP) is -0.291. The molecule has 1 saturated heterocycles. The number of benzene rings is 1. The molecule has 1 fully saturated rings. The third-order valence-electron chi connectivity index (χ3n) is 3.39. The normalized spacial score (nSPS) is 18.8. The van der Waals surface area contributed by atoms with Crippen LogP contribution in [-0.2, 0) is 16.1 Å². The summed E-state index contributed by atoms with van der Waals surface area (Å²) < 4.78 is 0. The first kappa shape index (κ1) is 14.5. The van der Waals surface area contributed by atoms with Crippen LogP contribution < -0.4 is 11.1 Å². The van der Waals surface area contributed by atoms with Crippen molar-refractivity contribution in [2.24, 2.45) is 5.73 Å². The van der Waals surface area contributed by atoms with Crippen LogP contribution in [0.15, 0.2) is 30.3 Å². The van der Waals surface area contributed by atoms with Gasteiger partial charge in [-0.3, -0.25) is 14.6 Å². The van der Waals surface area contributed by atoms with E-state index in [4.69, 9.17) is 5.73 Å². The van der Waals surface area contributed by atoms with Crippen LogP contribution in [0.25, 0.3) is 0 Å². The molecule has 20 heavy (non-hydrogen) atoms. The lowest BCUT2D eigenvalue weighted by Gasteiger charge is -2.28. The lowest BCUT2D eigenvalue weighted by Crippen LogP contribution is -2.44. The summed E-state index contributed by atoms with van der Waals surface area (Å²) in [6, 6.07) is 9.88. The molecule has 1 aromatic rings. The Hall–Kier alpha value is -1.92. The number of nitrogens with two attached hydrogens (primary N) is 1. The Balaban J connectivity index is 1.90. The monoisotopic (exact) mass is 276 g/mol. The maximum Gasteiger partial charge on any atom is 0.233 e. The van der Waals surface area contributed by atoms with Gasteiger partial charge in [0.15, 0.2) is 0 Å². The smallest absolute Gasteiger partial charge is 0.233 e. The standard InChI is InChI=1S/C14H20N4O2/c15-8-14(20)16-13-6-7-17(10-13)18(11-19)9-12-4-2-1-3-5-12/h1-5,11,13H,6-10,15H2,(H,16,20)/t13-/m1/s1. The Morgan fingerprint density at radius 3 is 2.85 bits per heavy atom. The van der Waals surface area contributed by atoms with E-state index >= 15 is 0 Å². The lowest BCUT2D eigenvalue weighted by molar-refractivity contribution is -0.134. The third-order valence-corrected chi connectivity index (χ3v) is 3.39. The van der Waals surface area contributed by atoms with Crippen molar-refractivity contribution < 1.29 is 9.59 Å². The highest BCUT2D eigenvalue weighted by molar-refractivity contribution is 5.78. The van der Waals surface area contributed by atoms with Crippen LogP contribution in [0.2, 0.25) is 0 Å². The lowest BCUT2D eigenvalue weighted by atomic mass is 10.2. The average Bonchev–Trinajstić information content (AvgIpc) is 2.94. The van der Waals surface area contributed by atoms with Crippen LogP contribution in [-0.4, -0.2) is 48.0 Å². The van der Waals surface area contributed by atoms with E-state index in [1.807, 2.05) is 35.3 Å². The van der Waals surface area contributed by atoms with Gasteiger partial charge in [0.1, 0.15) is 0 Å². The number of amides is 2. The summed E-state index contributed by atoms with van der Waals surface area (Å²) in [5.74, 6) is -0.155. The summed E-state index contributed by atoms with van der Waals surface area (Å²) in [6.07, 6.45) is 1.66. The summed E-state index contributed by atoms with van der Waals surface area (Å²) in [5.41, 5.74) is 6.36. The molecule has 0 spiro atoms. The fourth-order valence-corrected chi connectivity index (χ4v) is 2.35. The van der Waals surface area contributed by atoms with Crippen LogP contribution >= 0.6 is 0 Å². The number of nitrogens with one attached hydrogen (secondary N) is 1. The summed E-state index contributed by atoms with van der Waals surface area (Å²) in [6.45, 7) is 1.93. The highest BCUT2D eigenvalue weighted by atomic mass is 16.2. The number of carbonyl (C=O) groups excluding carboxylic acids is 2. The Labute approximate surface area is 118 Å². The minimum absolute atomic E-state index is 0.00207. The van der Waals surface area contributed by atoms with E-state index in [9.17, 15) is 9.59 Å². The fourth-order valence-electron chi connectivity index (χ4n) is 2.35. The minimum Gasteiger partial charge on any atom is -0.351 e. The molecule has 0 unspecified atom stereocenters. The van der Waals surface area contributed by atoms with Crippen LogP contribution in [0.1, 0.15) is 12.0 Å². The number of carbonyl (C=O) groups is 2. The molecule has 2 rings (SSSR count). The summed E-state index contributed by atoms with van der Waals surface area (Å²) in [7, 11) is 0. The SMILES string of the molecule is NCC(=O)N[C@@H]1CCN(N(C=O)Cc2ccccc2)C1. The third kappa shape index (κ3) is 3.79. The quantitative estimate of drug-likeness (QED) is 0.700. The second-order valence-electron chi connectivity index (χ2n) is 4.86. The van der Waals surface area contributed by atoms with Gasteiger partial charge < -0.3 is 11.1 Å². The molecule has 1 aliphatic rings. The number of hydrazine groups is 1. The van der Waals surface area contributed by atoms with Gasteiger partial charge in [-0.2, -0.15) is 0 Å². The summed E-state index contributed by atoms with van der Waals surface area (Å²) in [5, 5.41) is 6.47. The van der Waals surface area contributed by atoms with E-state index in [0.717, 1.165) is 24.9 Å². The largest absolute Gasteiger partial charge is 0.351 e. The highest BCUT2D eigenvalue weighted by Crippen LogP contribution is 2.14. The molecule has 1 aromatic carbocycles. The Bertz CT molecular complexity index is 452. The van der Waals surface area contributed by atoms with E-state index in [2.05, 4.69) is 5.32 Å². The second-order valence-corrected chi connectivity index (χ2v) is 4.86. The van der Waals surface area contributed by atoms with Crippen molar-refractivity contribution >= 4 is 12.3 Å². The van der Waals surface area contributed by atoms with E-state index in [1.54, 1.807) is 5.01 Å². The highest BCUT2D eigenvalue weighted by Gasteiger charge is 2.27. The van der Waals surface area contributed by atoms with Gasteiger partial charge in [0.05, 0.1) is 13.1 Å². The molecule has 3 N–H and O–H groups in total. The first-order valence-corrected chi connectivity index (χ1v) is 6.73. The zero-order valence-electron chi connectivity index (χ0n) is 11.4. The van der Waals surface area contributed by atoms with E-state index in [-0.39, 0.29) is 18.5 Å². The number of hydrogen-bond donors (Lipinski definition) is 2. The zero-order valence-corrected chi connectivity index (χ0v) is 11.4. The van der Waals surface area contributed by atoms with Crippen molar-refractivity contribution in [3.05, 3.63) is 35.9 Å². The van der Waals surface area contributed by atoms with Crippen molar-refractivity contribution in [2.45, 2.75) is 19.0 Å². The van der Waals surface area contributed by atoms with Crippen molar-refractivity contribution in [1.82, 2.24) is 15.3 Å². The molecule has 0 aromatic heterocycles. The molecular formula is C14H20N4O2. The number of hydrogen-bond acceptors (Lipinski definition) is 4. The maximum absolute atomic E-state index is 11.3. The average molecular weight is 276 g/mol. The van der Waals surface area contributed by atoms with Gasteiger partial charge in [0, 0.05) is 19.1 Å². The molecule has 108 valence electrons. The molecular weight excluding hydrogens is 256 g/mol. The topological polar surface area (TPSA) is 78.7 Å². The Kier molecular flexibility index (Phi) is 5.09. The Morgan fingerprint density at radius 2 is 2.20 bits per heavy atom. The number of rotatable bonds is 6. The van der Waals surface area contributed by atoms with Crippen molar-refractivity contribution in [3.63, 3.8) is 0 Å². The van der Waals surface area contributed by atoms with Crippen molar-refractivity contribution in [2.75, 3.05) is 19.6 Å². The first-order chi connectivity index (χ1) is 9.72. The number of nitrogens with zero attached hydrogens (tertiary/aromatic N) is 2.